The molecule has 5 rings (SSSR count). The molecule has 36 heavy (non-hydrogen) atoms. The molecule has 0 unspecified atom stereocenters. The predicted octanol–water partition coefficient (Wildman–Crippen LogP) is 4.14. The minimum absolute atomic E-state index is 0.0660. The summed E-state index contributed by atoms with van der Waals surface area (Å²) in [6, 6.07) is 8.50. The largest absolute Gasteiger partial charge is 0.394 e. The molecule has 1 spiro atoms. The molecule has 1 aliphatic carbocycles. The number of nitrogens with one attached hydrogen (secondary N) is 2. The van der Waals surface area contributed by atoms with Crippen LogP contribution in [0.2, 0.25) is 0 Å². The maximum Gasteiger partial charge on any atom is 0.266 e. The molecule has 3 fully saturated rings. The molecule has 2 aromatic rings. The molecule has 2 aliphatic heterocycles. The lowest BCUT2D eigenvalue weighted by Gasteiger charge is -2.34. The molecule has 0 aromatic carbocycles. The monoisotopic (exact) mass is 500 g/mol. The van der Waals surface area contributed by atoms with Crippen molar-refractivity contribution in [3.8, 4) is 0 Å². The first kappa shape index (κ1) is 24.7. The SMILES string of the molecule is CC(C)(CO)Nc1ccc(C(=O)Nc2cccc(N3CCC(F)(F)C3)n2)c(N2CCC3(CC2)CC3)n1. The van der Waals surface area contributed by atoms with E-state index in [4.69, 9.17) is 4.98 Å². The van der Waals surface area contributed by atoms with Gasteiger partial charge in [0.15, 0.2) is 0 Å². The molecule has 194 valence electrons. The Morgan fingerprint density at radius 3 is 2.36 bits per heavy atom. The van der Waals surface area contributed by atoms with Crippen LogP contribution >= 0.6 is 0 Å². The molecule has 4 heterocycles. The van der Waals surface area contributed by atoms with Crippen LogP contribution in [0.4, 0.5) is 32.1 Å². The van der Waals surface area contributed by atoms with Crippen LogP contribution in [-0.2, 0) is 0 Å². The number of piperidine rings is 1. The van der Waals surface area contributed by atoms with Crippen LogP contribution in [0, 0.1) is 5.41 Å². The first-order chi connectivity index (χ1) is 17.1. The van der Waals surface area contributed by atoms with E-state index in [9.17, 15) is 18.7 Å². The third-order valence-electron chi connectivity index (χ3n) is 7.53. The molecule has 8 nitrogen and oxygen atoms in total. The molecular weight excluding hydrogens is 466 g/mol. The van der Waals surface area contributed by atoms with Crippen LogP contribution < -0.4 is 20.4 Å². The first-order valence-corrected chi connectivity index (χ1v) is 12.6. The van der Waals surface area contributed by atoms with E-state index in [0.29, 0.717) is 34.2 Å². The Labute approximate surface area is 210 Å². The Balaban J connectivity index is 1.37. The van der Waals surface area contributed by atoms with Gasteiger partial charge in [0, 0.05) is 26.1 Å². The fraction of sp³-hybridized carbons (Fsp3) is 0.577. The minimum atomic E-state index is -2.73. The standard InChI is InChI=1S/C26H34F2N6O2/c1-24(2,17-35)32-20-7-6-18(22(30-20)33-13-10-25(8-9-25)11-14-33)23(36)31-19-4-3-5-21(29-19)34-15-12-26(27,28)16-34/h3-7,35H,8-17H2,1-2H3,(H,30,32)(H,29,31,36). The smallest absolute Gasteiger partial charge is 0.266 e. The molecule has 1 amide bonds. The average Bonchev–Trinajstić information content (AvgIpc) is 3.50. The molecule has 0 radical (unpaired) electrons. The Bertz CT molecular complexity index is 1130. The second-order valence-corrected chi connectivity index (χ2v) is 11.1. The second kappa shape index (κ2) is 9.14. The van der Waals surface area contributed by atoms with Gasteiger partial charge in [-0.25, -0.2) is 18.7 Å². The number of amides is 1. The number of anilines is 4. The molecule has 3 N–H and O–H groups in total. The molecule has 1 saturated carbocycles. The number of aromatic nitrogens is 2. The van der Waals surface area contributed by atoms with Crippen LogP contribution in [-0.4, -0.2) is 65.2 Å². The van der Waals surface area contributed by atoms with E-state index < -0.39 is 11.5 Å². The summed E-state index contributed by atoms with van der Waals surface area (Å²) in [6.07, 6.45) is 4.52. The second-order valence-electron chi connectivity index (χ2n) is 11.1. The van der Waals surface area contributed by atoms with Crippen LogP contribution in [0.3, 0.4) is 0 Å². The topological polar surface area (TPSA) is 93.6 Å². The van der Waals surface area contributed by atoms with Crippen LogP contribution in [0.25, 0.3) is 0 Å². The lowest BCUT2D eigenvalue weighted by Crippen LogP contribution is -2.38. The van der Waals surface area contributed by atoms with E-state index in [1.165, 1.54) is 17.7 Å². The van der Waals surface area contributed by atoms with Crippen molar-refractivity contribution in [2.24, 2.45) is 5.41 Å². The fourth-order valence-corrected chi connectivity index (χ4v) is 4.98. The normalized spacial score (nSPS) is 20.5. The summed E-state index contributed by atoms with van der Waals surface area (Å²) < 4.78 is 27.3. The highest BCUT2D eigenvalue weighted by molar-refractivity contribution is 6.07. The van der Waals surface area contributed by atoms with E-state index in [-0.39, 0.29) is 32.0 Å². The number of carbonyl (C=O) groups excluding carboxylic acids is 1. The Morgan fingerprint density at radius 2 is 1.72 bits per heavy atom. The maximum atomic E-state index is 13.7. The van der Waals surface area contributed by atoms with Gasteiger partial charge in [-0.1, -0.05) is 6.07 Å². The minimum Gasteiger partial charge on any atom is -0.394 e. The lowest BCUT2D eigenvalue weighted by molar-refractivity contribution is 0.0256. The van der Waals surface area contributed by atoms with Gasteiger partial charge in [-0.2, -0.15) is 0 Å². The Morgan fingerprint density at radius 1 is 1.00 bits per heavy atom. The number of rotatable bonds is 7. The van der Waals surface area contributed by atoms with Gasteiger partial charge in [0.25, 0.3) is 11.8 Å². The van der Waals surface area contributed by atoms with Crippen LogP contribution in [0.1, 0.15) is 56.3 Å². The summed E-state index contributed by atoms with van der Waals surface area (Å²) in [5.41, 5.74) is 0.337. The number of halogens is 2. The van der Waals surface area contributed by atoms with Crippen molar-refractivity contribution >= 4 is 29.2 Å². The molecular formula is C26H34F2N6O2. The van der Waals surface area contributed by atoms with E-state index in [2.05, 4.69) is 20.5 Å². The van der Waals surface area contributed by atoms with Gasteiger partial charge in [0.2, 0.25) is 0 Å². The third-order valence-corrected chi connectivity index (χ3v) is 7.53. The van der Waals surface area contributed by atoms with E-state index in [1.54, 1.807) is 30.3 Å². The zero-order valence-corrected chi connectivity index (χ0v) is 20.9. The van der Waals surface area contributed by atoms with Crippen molar-refractivity contribution in [3.63, 3.8) is 0 Å². The van der Waals surface area contributed by atoms with Gasteiger partial charge in [-0.3, -0.25) is 4.79 Å². The van der Waals surface area contributed by atoms with Crippen molar-refractivity contribution in [1.29, 1.82) is 0 Å². The summed E-state index contributed by atoms with van der Waals surface area (Å²) in [6.45, 7) is 5.20. The summed E-state index contributed by atoms with van der Waals surface area (Å²) in [4.78, 5) is 26.3. The lowest BCUT2D eigenvalue weighted by atomic mass is 9.93. The van der Waals surface area contributed by atoms with Crippen LogP contribution in [0.5, 0.6) is 0 Å². The van der Waals surface area contributed by atoms with Crippen molar-refractivity contribution in [2.45, 2.75) is 57.4 Å². The zero-order chi connectivity index (χ0) is 25.6. The summed E-state index contributed by atoms with van der Waals surface area (Å²) >= 11 is 0. The zero-order valence-electron chi connectivity index (χ0n) is 20.9. The number of nitrogens with zero attached hydrogens (tertiary/aromatic N) is 4. The van der Waals surface area contributed by atoms with Crippen molar-refractivity contribution in [3.05, 3.63) is 35.9 Å². The number of pyridine rings is 2. The highest BCUT2D eigenvalue weighted by Crippen LogP contribution is 2.54. The average molecular weight is 501 g/mol. The summed E-state index contributed by atoms with van der Waals surface area (Å²) in [5, 5.41) is 15.7. The van der Waals surface area contributed by atoms with E-state index in [1.807, 2.05) is 13.8 Å². The maximum absolute atomic E-state index is 13.7. The Kier molecular flexibility index (Phi) is 6.26. The summed E-state index contributed by atoms with van der Waals surface area (Å²) in [7, 11) is 0. The van der Waals surface area contributed by atoms with E-state index >= 15 is 0 Å². The van der Waals surface area contributed by atoms with Crippen molar-refractivity contribution < 1.29 is 18.7 Å². The number of hydrogen-bond acceptors (Lipinski definition) is 7. The van der Waals surface area contributed by atoms with Crippen molar-refractivity contribution in [1.82, 2.24) is 9.97 Å². The number of aliphatic hydroxyl groups is 1. The van der Waals surface area contributed by atoms with E-state index in [0.717, 1.165) is 25.9 Å². The Hall–Kier alpha value is -3.01. The van der Waals surface area contributed by atoms with Gasteiger partial charge in [-0.15, -0.1) is 0 Å². The third kappa shape index (κ3) is 5.38. The van der Waals surface area contributed by atoms with Gasteiger partial charge >= 0.3 is 0 Å². The molecule has 2 saturated heterocycles. The first-order valence-electron chi connectivity index (χ1n) is 12.6. The van der Waals surface area contributed by atoms with Gasteiger partial charge in [0.1, 0.15) is 23.3 Å². The molecule has 0 bridgehead atoms. The number of carbonyl (C=O) groups is 1. The molecule has 0 atom stereocenters. The number of aliphatic hydroxyl groups excluding tert-OH is 1. The highest BCUT2D eigenvalue weighted by atomic mass is 19.3. The van der Waals surface area contributed by atoms with Crippen molar-refractivity contribution in [2.75, 3.05) is 53.2 Å². The molecule has 2 aromatic heterocycles. The van der Waals surface area contributed by atoms with Crippen LogP contribution in [0.15, 0.2) is 30.3 Å². The highest BCUT2D eigenvalue weighted by Gasteiger charge is 2.45. The predicted molar refractivity (Wildman–Crippen MR) is 136 cm³/mol. The van der Waals surface area contributed by atoms with Gasteiger partial charge in [-0.05, 0) is 69.2 Å². The van der Waals surface area contributed by atoms with Gasteiger partial charge in [0.05, 0.1) is 24.3 Å². The number of alkyl halides is 2. The number of hydrogen-bond donors (Lipinski definition) is 3. The fourth-order valence-electron chi connectivity index (χ4n) is 4.98. The molecule has 3 aliphatic rings. The van der Waals surface area contributed by atoms with Gasteiger partial charge < -0.3 is 25.5 Å². The quantitative estimate of drug-likeness (QED) is 0.526. The molecule has 10 heteroatoms. The summed E-state index contributed by atoms with van der Waals surface area (Å²) in [5.74, 6) is -1.18.